The molecule has 1 aromatic heterocycles. The number of ether oxygens (including phenoxy) is 3. The van der Waals surface area contributed by atoms with E-state index in [2.05, 4.69) is 16.8 Å². The Morgan fingerprint density at radius 1 is 1.65 bits per heavy atom. The summed E-state index contributed by atoms with van der Waals surface area (Å²) in [5, 5.41) is 4.26. The second-order valence-corrected chi connectivity index (χ2v) is 5.71. The number of hydrogen-bond donors (Lipinski definition) is 0. The van der Waals surface area contributed by atoms with Crippen molar-refractivity contribution in [1.29, 1.82) is 0 Å². The van der Waals surface area contributed by atoms with Crippen molar-refractivity contribution in [3.05, 3.63) is 16.8 Å². The summed E-state index contributed by atoms with van der Waals surface area (Å²) in [6, 6.07) is 2.14. The van der Waals surface area contributed by atoms with E-state index < -0.39 is 0 Å². The topological polar surface area (TPSA) is 31.0 Å². The highest BCUT2D eigenvalue weighted by Gasteiger charge is 2.24. The van der Waals surface area contributed by atoms with Crippen molar-refractivity contribution in [3.8, 4) is 0 Å². The van der Waals surface area contributed by atoms with Crippen molar-refractivity contribution >= 4 is 23.1 Å². The first-order valence-electron chi connectivity index (χ1n) is 5.84. The molecule has 3 nitrogen and oxygen atoms in total. The van der Waals surface area contributed by atoms with E-state index in [-0.39, 0.29) is 6.10 Å². The first-order valence-corrected chi connectivity index (χ1v) is 7.77. The van der Waals surface area contributed by atoms with Crippen LogP contribution in [0, 0.1) is 0 Å². The maximum atomic E-state index is 5.80. The molecule has 2 heterocycles. The summed E-state index contributed by atoms with van der Waals surface area (Å²) in [6.07, 6.45) is 0.481. The van der Waals surface area contributed by atoms with Gasteiger partial charge in [0.15, 0.2) is 0 Å². The van der Waals surface area contributed by atoms with E-state index >= 15 is 0 Å². The van der Waals surface area contributed by atoms with E-state index in [4.69, 9.17) is 14.2 Å². The largest absolute Gasteiger partial charge is 0.379 e. The van der Waals surface area contributed by atoms with Crippen LogP contribution in [0.4, 0.5) is 0 Å². The van der Waals surface area contributed by atoms with Crippen LogP contribution in [0.15, 0.2) is 21.7 Å². The fourth-order valence-corrected chi connectivity index (χ4v) is 3.10. The zero-order valence-corrected chi connectivity index (χ0v) is 11.6. The minimum Gasteiger partial charge on any atom is -0.379 e. The number of thioether (sulfide) groups is 1. The molecule has 0 aliphatic carbocycles. The van der Waals surface area contributed by atoms with Gasteiger partial charge in [-0.3, -0.25) is 0 Å². The first-order chi connectivity index (χ1) is 8.38. The van der Waals surface area contributed by atoms with Crippen LogP contribution in [0.1, 0.15) is 6.92 Å². The lowest BCUT2D eigenvalue weighted by atomic mass is 10.4. The van der Waals surface area contributed by atoms with Crippen LogP contribution in [0.3, 0.4) is 0 Å². The van der Waals surface area contributed by atoms with Crippen LogP contribution >= 0.6 is 23.1 Å². The summed E-state index contributed by atoms with van der Waals surface area (Å²) < 4.78 is 16.4. The zero-order valence-electron chi connectivity index (χ0n) is 9.96. The summed E-state index contributed by atoms with van der Waals surface area (Å²) in [5.74, 6) is 0.934. The fourth-order valence-electron chi connectivity index (χ4n) is 1.32. The Kier molecular flexibility index (Phi) is 5.80. The molecular formula is C12H18O3S2. The van der Waals surface area contributed by atoms with Crippen molar-refractivity contribution in [3.63, 3.8) is 0 Å². The monoisotopic (exact) mass is 274 g/mol. The van der Waals surface area contributed by atoms with Crippen LogP contribution in [-0.4, -0.2) is 44.4 Å². The molecule has 1 aromatic rings. The van der Waals surface area contributed by atoms with Crippen LogP contribution in [0.5, 0.6) is 0 Å². The third-order valence-electron chi connectivity index (χ3n) is 2.36. The quantitative estimate of drug-likeness (QED) is 0.512. The van der Waals surface area contributed by atoms with Crippen LogP contribution in [0.2, 0.25) is 0 Å². The van der Waals surface area contributed by atoms with Crippen LogP contribution < -0.4 is 0 Å². The zero-order chi connectivity index (χ0) is 11.9. The fraction of sp³-hybridized carbons (Fsp3) is 0.667. The van der Waals surface area contributed by atoms with Gasteiger partial charge in [0.25, 0.3) is 0 Å². The molecule has 2 unspecified atom stereocenters. The minimum atomic E-state index is 0.157. The van der Waals surface area contributed by atoms with Gasteiger partial charge in [0, 0.05) is 22.6 Å². The molecule has 2 atom stereocenters. The molecule has 0 amide bonds. The Labute approximate surface area is 110 Å². The highest BCUT2D eigenvalue weighted by Crippen LogP contribution is 2.22. The lowest BCUT2D eigenvalue weighted by molar-refractivity contribution is -0.00597. The highest BCUT2D eigenvalue weighted by atomic mass is 32.2. The third-order valence-corrected chi connectivity index (χ3v) is 4.32. The molecule has 0 saturated carbocycles. The molecule has 1 aliphatic rings. The van der Waals surface area contributed by atoms with Gasteiger partial charge in [-0.15, -0.1) is 11.8 Å². The summed E-state index contributed by atoms with van der Waals surface area (Å²) in [4.78, 5) is 1.31. The number of hydrogen-bond acceptors (Lipinski definition) is 5. The Bertz CT molecular complexity index is 299. The molecule has 96 valence electrons. The molecule has 1 fully saturated rings. The second-order valence-electron chi connectivity index (χ2n) is 3.84. The number of thiophene rings is 1. The Morgan fingerprint density at radius 2 is 2.53 bits per heavy atom. The summed E-state index contributed by atoms with van der Waals surface area (Å²) in [5.41, 5.74) is 0. The van der Waals surface area contributed by atoms with Gasteiger partial charge in [-0.05, 0) is 18.4 Å². The standard InChI is InChI=1S/C12H18O3S2/c1-2-13-5-11(15-7-10-6-14-10)8-17-12-3-4-16-9-12/h3-4,9-11H,2,5-8H2,1H3. The Hall–Kier alpha value is -0.0700. The smallest absolute Gasteiger partial charge is 0.104 e. The van der Waals surface area contributed by atoms with Crippen molar-refractivity contribution in [2.75, 3.05) is 32.2 Å². The average Bonchev–Trinajstić information content (AvgIpc) is 3.03. The van der Waals surface area contributed by atoms with Crippen molar-refractivity contribution < 1.29 is 14.2 Å². The summed E-state index contributed by atoms with van der Waals surface area (Å²) in [6.45, 7) is 4.96. The number of rotatable bonds is 9. The third kappa shape index (κ3) is 5.40. The molecule has 1 aliphatic heterocycles. The van der Waals surface area contributed by atoms with Crippen LogP contribution in [0.25, 0.3) is 0 Å². The molecule has 0 aromatic carbocycles. The van der Waals surface area contributed by atoms with Gasteiger partial charge >= 0.3 is 0 Å². The maximum absolute atomic E-state index is 5.80. The molecule has 5 heteroatoms. The van der Waals surface area contributed by atoms with Gasteiger partial charge in [-0.25, -0.2) is 0 Å². The molecule has 17 heavy (non-hydrogen) atoms. The lowest BCUT2D eigenvalue weighted by Gasteiger charge is -2.16. The van der Waals surface area contributed by atoms with Gasteiger partial charge in [-0.2, -0.15) is 11.3 Å². The SMILES string of the molecule is CCOCC(CSc1ccsc1)OCC1CO1. The maximum Gasteiger partial charge on any atom is 0.104 e. The molecular weight excluding hydrogens is 256 g/mol. The number of epoxide rings is 1. The normalized spacial score (nSPS) is 20.4. The lowest BCUT2D eigenvalue weighted by Crippen LogP contribution is -2.24. The van der Waals surface area contributed by atoms with Gasteiger partial charge < -0.3 is 14.2 Å². The first kappa shape index (κ1) is 13.4. The van der Waals surface area contributed by atoms with Crippen LogP contribution in [-0.2, 0) is 14.2 Å². The predicted molar refractivity (Wildman–Crippen MR) is 71.0 cm³/mol. The second kappa shape index (κ2) is 7.38. The van der Waals surface area contributed by atoms with E-state index in [0.29, 0.717) is 19.3 Å². The van der Waals surface area contributed by atoms with Crippen molar-refractivity contribution in [2.24, 2.45) is 0 Å². The van der Waals surface area contributed by atoms with E-state index in [1.807, 2.05) is 18.7 Å². The minimum absolute atomic E-state index is 0.157. The molecule has 1 saturated heterocycles. The van der Waals surface area contributed by atoms with Gasteiger partial charge in [0.1, 0.15) is 6.10 Å². The van der Waals surface area contributed by atoms with E-state index in [9.17, 15) is 0 Å². The molecule has 2 rings (SSSR count). The van der Waals surface area contributed by atoms with E-state index in [1.165, 1.54) is 4.90 Å². The van der Waals surface area contributed by atoms with Gasteiger partial charge in [0.05, 0.1) is 25.9 Å². The molecule has 0 radical (unpaired) electrons. The average molecular weight is 274 g/mol. The highest BCUT2D eigenvalue weighted by molar-refractivity contribution is 7.99. The molecule has 0 spiro atoms. The van der Waals surface area contributed by atoms with Gasteiger partial charge in [0.2, 0.25) is 0 Å². The molecule has 0 bridgehead atoms. The molecule has 0 N–H and O–H groups in total. The Morgan fingerprint density at radius 3 is 3.18 bits per heavy atom. The van der Waals surface area contributed by atoms with Crippen molar-refractivity contribution in [2.45, 2.75) is 24.0 Å². The summed E-state index contributed by atoms with van der Waals surface area (Å²) in [7, 11) is 0. The predicted octanol–water partition coefficient (Wildman–Crippen LogP) is 2.66. The van der Waals surface area contributed by atoms with E-state index in [0.717, 1.165) is 19.0 Å². The van der Waals surface area contributed by atoms with E-state index in [1.54, 1.807) is 11.3 Å². The Balaban J connectivity index is 1.68. The summed E-state index contributed by atoms with van der Waals surface area (Å²) >= 11 is 3.55. The van der Waals surface area contributed by atoms with Gasteiger partial charge in [-0.1, -0.05) is 0 Å². The van der Waals surface area contributed by atoms with Crippen molar-refractivity contribution in [1.82, 2.24) is 0 Å².